The summed E-state index contributed by atoms with van der Waals surface area (Å²) >= 11 is 0. The molecule has 0 saturated heterocycles. The molecule has 1 aliphatic rings. The van der Waals surface area contributed by atoms with E-state index < -0.39 is 40.3 Å². The van der Waals surface area contributed by atoms with Crippen LogP contribution in [0.2, 0.25) is 0 Å². The lowest BCUT2D eigenvalue weighted by Gasteiger charge is -2.27. The molecule has 6 heteroatoms. The zero-order valence-electron chi connectivity index (χ0n) is 9.69. The highest BCUT2D eigenvalue weighted by Crippen LogP contribution is 2.36. The van der Waals surface area contributed by atoms with E-state index in [2.05, 4.69) is 0 Å². The van der Waals surface area contributed by atoms with Crippen molar-refractivity contribution in [3.63, 3.8) is 0 Å². The number of phenolic OH excluding ortho intramolecular Hbond substituents is 3. The third-order valence-electron chi connectivity index (χ3n) is 2.82. The number of hydrogen-bond acceptors (Lipinski definition) is 6. The van der Waals surface area contributed by atoms with Crippen molar-refractivity contribution in [1.82, 2.24) is 0 Å². The lowest BCUT2D eigenvalue weighted by molar-refractivity contribution is -0.136. The summed E-state index contributed by atoms with van der Waals surface area (Å²) in [6, 6.07) is 1.76. The Hall–Kier alpha value is -2.31. The first-order valence-corrected chi connectivity index (χ1v) is 5.43. The summed E-state index contributed by atoms with van der Waals surface area (Å²) < 4.78 is 0. The molecule has 5 N–H and O–H groups in total. The molecule has 0 radical (unpaired) electrons. The molecule has 1 aromatic carbocycles. The van der Waals surface area contributed by atoms with Crippen molar-refractivity contribution in [2.75, 3.05) is 0 Å². The van der Waals surface area contributed by atoms with Gasteiger partial charge in [0.1, 0.15) is 22.8 Å². The van der Waals surface area contributed by atoms with Gasteiger partial charge in [-0.15, -0.1) is 0 Å². The maximum atomic E-state index is 12.2. The summed E-state index contributed by atoms with van der Waals surface area (Å²) in [5, 5.41) is 47.7. The van der Waals surface area contributed by atoms with E-state index in [-0.39, 0.29) is 0 Å². The standard InChI is InChI=1S/C13H12O6/c14-7-5-9(15)11(10(16)6-7)12(17)8-3-1-2-4-13(8,18)19/h1-6,8,14-16,18-19H. The molecular formula is C13H12O6. The molecule has 1 aromatic rings. The third-order valence-corrected chi connectivity index (χ3v) is 2.82. The maximum Gasteiger partial charge on any atom is 0.196 e. The maximum absolute atomic E-state index is 12.2. The summed E-state index contributed by atoms with van der Waals surface area (Å²) in [6.07, 6.45) is 5.07. The van der Waals surface area contributed by atoms with Gasteiger partial charge >= 0.3 is 0 Å². The fourth-order valence-corrected chi connectivity index (χ4v) is 1.90. The zero-order valence-corrected chi connectivity index (χ0v) is 9.69. The molecular weight excluding hydrogens is 252 g/mol. The highest BCUT2D eigenvalue weighted by Gasteiger charge is 2.39. The van der Waals surface area contributed by atoms with E-state index in [4.69, 9.17) is 5.11 Å². The van der Waals surface area contributed by atoms with Gasteiger partial charge < -0.3 is 25.5 Å². The van der Waals surface area contributed by atoms with Gasteiger partial charge in [-0.05, 0) is 6.08 Å². The number of carbonyl (C=O) groups excluding carboxylic acids is 1. The van der Waals surface area contributed by atoms with Gasteiger partial charge in [-0.3, -0.25) is 4.79 Å². The summed E-state index contributed by atoms with van der Waals surface area (Å²) in [7, 11) is 0. The summed E-state index contributed by atoms with van der Waals surface area (Å²) in [5.41, 5.74) is -0.477. The second-order valence-corrected chi connectivity index (χ2v) is 4.23. The van der Waals surface area contributed by atoms with Gasteiger partial charge in [0.2, 0.25) is 0 Å². The number of Topliss-reactive ketones (excluding diaryl/α,β-unsaturated/α-hetero) is 1. The average molecular weight is 264 g/mol. The molecule has 6 nitrogen and oxygen atoms in total. The van der Waals surface area contributed by atoms with Gasteiger partial charge in [-0.25, -0.2) is 0 Å². The monoisotopic (exact) mass is 264 g/mol. The predicted octanol–water partition coefficient (Wildman–Crippen LogP) is 0.409. The first kappa shape index (κ1) is 13.1. The first-order chi connectivity index (χ1) is 8.83. The molecule has 0 spiro atoms. The Bertz CT molecular complexity index is 562. The van der Waals surface area contributed by atoms with Gasteiger partial charge in [0, 0.05) is 12.1 Å². The fourth-order valence-electron chi connectivity index (χ4n) is 1.90. The Morgan fingerprint density at radius 3 is 2.16 bits per heavy atom. The predicted molar refractivity (Wildman–Crippen MR) is 64.7 cm³/mol. The summed E-state index contributed by atoms with van der Waals surface area (Å²) in [4.78, 5) is 12.2. The lowest BCUT2D eigenvalue weighted by atomic mass is 9.86. The number of benzene rings is 1. The van der Waals surface area contributed by atoms with E-state index in [1.165, 1.54) is 18.2 Å². The van der Waals surface area contributed by atoms with E-state index in [1.807, 2.05) is 0 Å². The van der Waals surface area contributed by atoms with Gasteiger partial charge in [0.05, 0.1) is 5.92 Å². The van der Waals surface area contributed by atoms with Crippen LogP contribution >= 0.6 is 0 Å². The molecule has 19 heavy (non-hydrogen) atoms. The second-order valence-electron chi connectivity index (χ2n) is 4.23. The Morgan fingerprint density at radius 1 is 1.05 bits per heavy atom. The minimum Gasteiger partial charge on any atom is -0.508 e. The Labute approximate surface area is 108 Å². The van der Waals surface area contributed by atoms with Gasteiger partial charge in [-0.2, -0.15) is 0 Å². The summed E-state index contributed by atoms with van der Waals surface area (Å²) in [5.74, 6) is -6.32. The number of aliphatic hydroxyl groups is 2. The number of hydrogen-bond donors (Lipinski definition) is 5. The molecule has 0 amide bonds. The van der Waals surface area contributed by atoms with Crippen LogP contribution in [0.3, 0.4) is 0 Å². The van der Waals surface area contributed by atoms with Crippen LogP contribution in [-0.2, 0) is 0 Å². The van der Waals surface area contributed by atoms with Crippen LogP contribution in [-0.4, -0.2) is 37.1 Å². The van der Waals surface area contributed by atoms with Gasteiger partial charge in [0.25, 0.3) is 0 Å². The fraction of sp³-hybridized carbons (Fsp3) is 0.154. The molecule has 0 aliphatic heterocycles. The summed E-state index contributed by atoms with van der Waals surface area (Å²) in [6.45, 7) is 0. The Kier molecular flexibility index (Phi) is 3.05. The molecule has 100 valence electrons. The molecule has 0 bridgehead atoms. The quantitative estimate of drug-likeness (QED) is 0.390. The Morgan fingerprint density at radius 2 is 1.63 bits per heavy atom. The lowest BCUT2D eigenvalue weighted by Crippen LogP contribution is -2.40. The van der Waals surface area contributed by atoms with Crippen molar-refractivity contribution in [2.45, 2.75) is 5.79 Å². The molecule has 0 saturated carbocycles. The third kappa shape index (κ3) is 2.31. The van der Waals surface area contributed by atoms with Crippen molar-refractivity contribution in [3.8, 4) is 17.2 Å². The molecule has 0 fully saturated rings. The van der Waals surface area contributed by atoms with E-state index in [0.29, 0.717) is 0 Å². The van der Waals surface area contributed by atoms with E-state index in [0.717, 1.165) is 18.2 Å². The SMILES string of the molecule is O=C(c1c(O)cc(O)cc1O)C1C=CC=CC1(O)O. The highest BCUT2D eigenvalue weighted by atomic mass is 16.5. The van der Waals surface area contributed by atoms with Crippen LogP contribution < -0.4 is 0 Å². The number of phenols is 3. The highest BCUT2D eigenvalue weighted by molar-refractivity contribution is 6.04. The number of allylic oxidation sites excluding steroid dienone is 2. The van der Waals surface area contributed by atoms with Gasteiger partial charge in [0.15, 0.2) is 11.6 Å². The normalized spacial score (nSPS) is 20.4. The molecule has 1 unspecified atom stereocenters. The number of carbonyl (C=O) groups is 1. The molecule has 1 aliphatic carbocycles. The minimum atomic E-state index is -2.40. The van der Waals surface area contributed by atoms with Crippen LogP contribution in [0.4, 0.5) is 0 Å². The Balaban J connectivity index is 2.46. The number of rotatable bonds is 2. The molecule has 2 rings (SSSR count). The van der Waals surface area contributed by atoms with Crippen LogP contribution in [0.15, 0.2) is 36.4 Å². The smallest absolute Gasteiger partial charge is 0.196 e. The topological polar surface area (TPSA) is 118 Å². The van der Waals surface area contributed by atoms with Crippen molar-refractivity contribution in [1.29, 1.82) is 0 Å². The van der Waals surface area contributed by atoms with Crippen LogP contribution in [0.5, 0.6) is 17.2 Å². The average Bonchev–Trinajstić information content (AvgIpc) is 2.26. The number of ketones is 1. The molecule has 0 heterocycles. The minimum absolute atomic E-state index is 0.412. The molecule has 1 atom stereocenters. The van der Waals surface area contributed by atoms with Crippen molar-refractivity contribution < 1.29 is 30.3 Å². The van der Waals surface area contributed by atoms with Crippen molar-refractivity contribution in [3.05, 3.63) is 42.0 Å². The largest absolute Gasteiger partial charge is 0.508 e. The van der Waals surface area contributed by atoms with Crippen LogP contribution in [0, 0.1) is 5.92 Å². The zero-order chi connectivity index (χ0) is 14.2. The first-order valence-electron chi connectivity index (χ1n) is 5.43. The second kappa shape index (κ2) is 4.42. The van der Waals surface area contributed by atoms with Crippen LogP contribution in [0.25, 0.3) is 0 Å². The number of aromatic hydroxyl groups is 3. The molecule has 0 aromatic heterocycles. The van der Waals surface area contributed by atoms with Crippen molar-refractivity contribution in [2.24, 2.45) is 5.92 Å². The van der Waals surface area contributed by atoms with E-state index in [1.54, 1.807) is 0 Å². The van der Waals surface area contributed by atoms with Gasteiger partial charge in [-0.1, -0.05) is 18.2 Å². The van der Waals surface area contributed by atoms with E-state index in [9.17, 15) is 25.2 Å². The van der Waals surface area contributed by atoms with Crippen LogP contribution in [0.1, 0.15) is 10.4 Å². The van der Waals surface area contributed by atoms with E-state index >= 15 is 0 Å². The van der Waals surface area contributed by atoms with Crippen molar-refractivity contribution >= 4 is 5.78 Å².